The molecule has 9 heavy (non-hydrogen) atoms. The monoisotopic (exact) mass is 131 g/mol. The van der Waals surface area contributed by atoms with E-state index in [0.717, 1.165) is 12.8 Å². The number of hydrogen-bond acceptors (Lipinski definition) is 3. The molecule has 0 spiro atoms. The predicted octanol–water partition coefficient (Wildman–Crippen LogP) is -0.599. The Balaban J connectivity index is 3.33. The molecule has 0 saturated carbocycles. The second-order valence-corrected chi connectivity index (χ2v) is 2.75. The van der Waals surface area contributed by atoms with Gasteiger partial charge < -0.3 is 17.2 Å². The van der Waals surface area contributed by atoms with E-state index in [1.165, 1.54) is 0 Å². The number of hydrogen-bond donors (Lipinski definition) is 3. The Morgan fingerprint density at radius 1 is 1.33 bits per heavy atom. The average Bonchev–Trinajstić information content (AvgIpc) is 1.84. The lowest BCUT2D eigenvalue weighted by Crippen LogP contribution is -2.44. The molecule has 0 aromatic carbocycles. The largest absolute Gasteiger partial charge is 0.330 e. The summed E-state index contributed by atoms with van der Waals surface area (Å²) in [6, 6.07) is 0. The highest BCUT2D eigenvalue weighted by molar-refractivity contribution is 4.78. The second kappa shape index (κ2) is 3.82. The third kappa shape index (κ3) is 4.39. The minimum absolute atomic E-state index is 0.209. The van der Waals surface area contributed by atoms with Gasteiger partial charge >= 0.3 is 0 Å². The van der Waals surface area contributed by atoms with Crippen LogP contribution in [0.3, 0.4) is 0 Å². The molecule has 6 N–H and O–H groups in total. The molecule has 0 aromatic heterocycles. The fourth-order valence-corrected chi connectivity index (χ4v) is 0.608. The first kappa shape index (κ1) is 8.88. The van der Waals surface area contributed by atoms with Crippen molar-refractivity contribution in [3.05, 3.63) is 0 Å². The zero-order valence-electron chi connectivity index (χ0n) is 6.06. The van der Waals surface area contributed by atoms with Crippen LogP contribution < -0.4 is 17.2 Å². The van der Waals surface area contributed by atoms with Crippen LogP contribution in [0.15, 0.2) is 0 Å². The molecule has 0 saturated heterocycles. The summed E-state index contributed by atoms with van der Waals surface area (Å²) in [5.41, 5.74) is 16.2. The lowest BCUT2D eigenvalue weighted by Gasteiger charge is -2.21. The van der Waals surface area contributed by atoms with Gasteiger partial charge in [0.05, 0.1) is 0 Å². The maximum Gasteiger partial charge on any atom is 0.0250 e. The highest BCUT2D eigenvalue weighted by Crippen LogP contribution is 2.04. The number of rotatable bonds is 4. The van der Waals surface area contributed by atoms with Crippen molar-refractivity contribution in [3.63, 3.8) is 0 Å². The van der Waals surface area contributed by atoms with E-state index in [-0.39, 0.29) is 5.54 Å². The van der Waals surface area contributed by atoms with Crippen molar-refractivity contribution in [3.8, 4) is 0 Å². The third-order valence-electron chi connectivity index (χ3n) is 1.42. The first-order valence-electron chi connectivity index (χ1n) is 3.31. The molecule has 56 valence electrons. The Morgan fingerprint density at radius 2 is 1.89 bits per heavy atom. The summed E-state index contributed by atoms with van der Waals surface area (Å²) in [4.78, 5) is 0. The van der Waals surface area contributed by atoms with Gasteiger partial charge in [-0.2, -0.15) is 0 Å². The van der Waals surface area contributed by atoms with Crippen molar-refractivity contribution < 1.29 is 0 Å². The van der Waals surface area contributed by atoms with E-state index >= 15 is 0 Å². The molecule has 1 atom stereocenters. The summed E-state index contributed by atoms with van der Waals surface area (Å²) in [5, 5.41) is 0. The molecular formula is C6H17N3. The van der Waals surface area contributed by atoms with Crippen molar-refractivity contribution in [1.29, 1.82) is 0 Å². The van der Waals surface area contributed by atoms with Crippen LogP contribution in [0.2, 0.25) is 0 Å². The molecule has 1 unspecified atom stereocenters. The van der Waals surface area contributed by atoms with Crippen LogP contribution in [-0.4, -0.2) is 18.6 Å². The van der Waals surface area contributed by atoms with Gasteiger partial charge in [0.1, 0.15) is 0 Å². The molecule has 0 aromatic rings. The Bertz CT molecular complexity index is 70.7. The molecular weight excluding hydrogens is 114 g/mol. The molecule has 3 nitrogen and oxygen atoms in total. The summed E-state index contributed by atoms with van der Waals surface area (Å²) < 4.78 is 0. The lowest BCUT2D eigenvalue weighted by atomic mass is 9.98. The van der Waals surface area contributed by atoms with Crippen LogP contribution in [-0.2, 0) is 0 Å². The molecule has 0 bridgehead atoms. The normalized spacial score (nSPS) is 17.3. The fourth-order valence-electron chi connectivity index (χ4n) is 0.608. The van der Waals surface area contributed by atoms with Gasteiger partial charge in [0.15, 0.2) is 0 Å². The van der Waals surface area contributed by atoms with Crippen molar-refractivity contribution in [2.75, 3.05) is 13.1 Å². The van der Waals surface area contributed by atoms with Gasteiger partial charge in [-0.25, -0.2) is 0 Å². The van der Waals surface area contributed by atoms with E-state index in [4.69, 9.17) is 17.2 Å². The minimum Gasteiger partial charge on any atom is -0.330 e. The maximum atomic E-state index is 5.72. The molecule has 0 fully saturated rings. The molecule has 0 heterocycles. The summed E-state index contributed by atoms with van der Waals surface area (Å²) in [6.07, 6.45) is 1.88. The van der Waals surface area contributed by atoms with E-state index < -0.39 is 0 Å². The first-order valence-corrected chi connectivity index (χ1v) is 3.31. The molecule has 3 heteroatoms. The zero-order valence-corrected chi connectivity index (χ0v) is 6.06. The SMILES string of the molecule is CC(N)(CN)CCCN. The topological polar surface area (TPSA) is 78.1 Å². The molecule has 0 aliphatic carbocycles. The Morgan fingerprint density at radius 3 is 2.22 bits per heavy atom. The Hall–Kier alpha value is -0.120. The van der Waals surface area contributed by atoms with Crippen molar-refractivity contribution in [2.45, 2.75) is 25.3 Å². The highest BCUT2D eigenvalue weighted by atomic mass is 14.8. The first-order chi connectivity index (χ1) is 4.12. The van der Waals surface area contributed by atoms with Gasteiger partial charge in [-0.15, -0.1) is 0 Å². The Labute approximate surface area is 56.6 Å². The van der Waals surface area contributed by atoms with Crippen LogP contribution in [0, 0.1) is 0 Å². The smallest absolute Gasteiger partial charge is 0.0250 e. The van der Waals surface area contributed by atoms with E-state index in [1.54, 1.807) is 0 Å². The van der Waals surface area contributed by atoms with Crippen LogP contribution in [0.25, 0.3) is 0 Å². The average molecular weight is 131 g/mol. The fraction of sp³-hybridized carbons (Fsp3) is 1.00. The summed E-state index contributed by atoms with van der Waals surface area (Å²) in [7, 11) is 0. The van der Waals surface area contributed by atoms with E-state index in [9.17, 15) is 0 Å². The van der Waals surface area contributed by atoms with Crippen molar-refractivity contribution >= 4 is 0 Å². The lowest BCUT2D eigenvalue weighted by molar-refractivity contribution is 0.432. The van der Waals surface area contributed by atoms with Gasteiger partial charge in [0.25, 0.3) is 0 Å². The van der Waals surface area contributed by atoms with Crippen LogP contribution in [0.4, 0.5) is 0 Å². The zero-order chi connectivity index (χ0) is 7.33. The predicted molar refractivity (Wildman–Crippen MR) is 39.9 cm³/mol. The molecule has 0 rings (SSSR count). The standard InChI is InChI=1S/C6H17N3/c1-6(9,5-8)3-2-4-7/h2-5,7-9H2,1H3. The van der Waals surface area contributed by atoms with Crippen molar-refractivity contribution in [1.82, 2.24) is 0 Å². The second-order valence-electron chi connectivity index (χ2n) is 2.75. The number of nitrogens with two attached hydrogens (primary N) is 3. The third-order valence-corrected chi connectivity index (χ3v) is 1.42. The van der Waals surface area contributed by atoms with Crippen LogP contribution >= 0.6 is 0 Å². The Kier molecular flexibility index (Phi) is 3.77. The molecule has 0 aliphatic rings. The summed E-state index contributed by atoms with van der Waals surface area (Å²) >= 11 is 0. The highest BCUT2D eigenvalue weighted by Gasteiger charge is 2.13. The van der Waals surface area contributed by atoms with Gasteiger partial charge in [0.2, 0.25) is 0 Å². The van der Waals surface area contributed by atoms with E-state index in [2.05, 4.69) is 0 Å². The van der Waals surface area contributed by atoms with Gasteiger partial charge in [-0.1, -0.05) is 0 Å². The van der Waals surface area contributed by atoms with E-state index in [0.29, 0.717) is 13.1 Å². The van der Waals surface area contributed by atoms with Gasteiger partial charge in [-0.3, -0.25) is 0 Å². The summed E-state index contributed by atoms with van der Waals surface area (Å²) in [5.74, 6) is 0. The van der Waals surface area contributed by atoms with Crippen LogP contribution in [0.5, 0.6) is 0 Å². The molecule has 0 radical (unpaired) electrons. The van der Waals surface area contributed by atoms with E-state index in [1.807, 2.05) is 6.92 Å². The quantitative estimate of drug-likeness (QED) is 0.477. The van der Waals surface area contributed by atoms with Gasteiger partial charge in [0, 0.05) is 12.1 Å². The summed E-state index contributed by atoms with van der Waals surface area (Å²) in [6.45, 7) is 3.18. The molecule has 0 aliphatic heterocycles. The maximum absolute atomic E-state index is 5.72. The van der Waals surface area contributed by atoms with Gasteiger partial charge in [-0.05, 0) is 26.3 Å². The van der Waals surface area contributed by atoms with Crippen LogP contribution in [0.1, 0.15) is 19.8 Å². The molecule has 0 amide bonds. The van der Waals surface area contributed by atoms with Crippen molar-refractivity contribution in [2.24, 2.45) is 17.2 Å². The minimum atomic E-state index is -0.209.